The maximum atomic E-state index is 11.0. The molecule has 0 aromatic rings. The zero-order chi connectivity index (χ0) is 7.72. The Morgan fingerprint density at radius 3 is 2.40 bits per heavy atom. The van der Waals surface area contributed by atoms with Crippen molar-refractivity contribution in [1.29, 1.82) is 0 Å². The normalized spacial score (nSPS) is 26.2. The zero-order valence-corrected chi connectivity index (χ0v) is 6.05. The second kappa shape index (κ2) is 2.38. The van der Waals surface area contributed by atoms with Gasteiger partial charge in [0.05, 0.1) is 12.5 Å². The number of amides is 2. The Morgan fingerprint density at radius 1 is 1.60 bits per heavy atom. The van der Waals surface area contributed by atoms with Crippen LogP contribution in [0.1, 0.15) is 6.42 Å². The van der Waals surface area contributed by atoms with Crippen LogP contribution in [0.4, 0.5) is 0 Å². The molecule has 0 unspecified atom stereocenters. The number of likely N-dealkylation sites (tertiary alicyclic amines) is 1. The largest absolute Gasteiger partial charge is 0.308 e. The molecule has 1 N–H and O–H groups in total. The van der Waals surface area contributed by atoms with Gasteiger partial charge in [-0.05, 0) is 7.05 Å². The molecule has 1 atom stereocenters. The van der Waals surface area contributed by atoms with Crippen molar-refractivity contribution in [3.8, 4) is 0 Å². The molecule has 1 saturated heterocycles. The van der Waals surface area contributed by atoms with Crippen LogP contribution in [0, 0.1) is 0 Å². The summed E-state index contributed by atoms with van der Waals surface area (Å²) >= 11 is 0. The molecule has 0 saturated carbocycles. The van der Waals surface area contributed by atoms with Crippen LogP contribution in [0.3, 0.4) is 0 Å². The van der Waals surface area contributed by atoms with Gasteiger partial charge in [0.2, 0.25) is 11.8 Å². The van der Waals surface area contributed by atoms with E-state index in [0.717, 1.165) is 4.90 Å². The van der Waals surface area contributed by atoms with Crippen LogP contribution in [0.5, 0.6) is 0 Å². The highest BCUT2D eigenvalue weighted by atomic mass is 16.2. The monoisotopic (exact) mass is 142 g/mol. The minimum Gasteiger partial charge on any atom is -0.308 e. The summed E-state index contributed by atoms with van der Waals surface area (Å²) in [6, 6.07) is -0.294. The molecule has 1 heterocycles. The second-order valence-corrected chi connectivity index (χ2v) is 2.34. The number of carbonyl (C=O) groups is 2. The SMILES string of the molecule is CN[C@H]1CC(=O)N(C)C1=O. The van der Waals surface area contributed by atoms with Crippen LogP contribution < -0.4 is 5.32 Å². The minimum absolute atomic E-state index is 0.107. The summed E-state index contributed by atoms with van der Waals surface area (Å²) in [6.45, 7) is 0. The smallest absolute Gasteiger partial charge is 0.246 e. The Morgan fingerprint density at radius 2 is 2.20 bits per heavy atom. The van der Waals surface area contributed by atoms with Gasteiger partial charge in [0.25, 0.3) is 0 Å². The summed E-state index contributed by atoms with van der Waals surface area (Å²) in [4.78, 5) is 23.0. The van der Waals surface area contributed by atoms with E-state index in [1.165, 1.54) is 7.05 Å². The molecule has 0 radical (unpaired) electrons. The fourth-order valence-corrected chi connectivity index (χ4v) is 0.981. The molecule has 0 bridgehead atoms. The van der Waals surface area contributed by atoms with E-state index in [4.69, 9.17) is 0 Å². The van der Waals surface area contributed by atoms with E-state index in [9.17, 15) is 9.59 Å². The van der Waals surface area contributed by atoms with Crippen LogP contribution in [0.25, 0.3) is 0 Å². The maximum absolute atomic E-state index is 11.0. The van der Waals surface area contributed by atoms with Crippen LogP contribution in [-0.2, 0) is 9.59 Å². The van der Waals surface area contributed by atoms with E-state index in [1.807, 2.05) is 0 Å². The molecule has 1 aliphatic rings. The summed E-state index contributed by atoms with van der Waals surface area (Å²) in [7, 11) is 3.18. The van der Waals surface area contributed by atoms with Crippen LogP contribution in [0.2, 0.25) is 0 Å². The van der Waals surface area contributed by atoms with Crippen molar-refractivity contribution < 1.29 is 9.59 Å². The van der Waals surface area contributed by atoms with Gasteiger partial charge in [-0.25, -0.2) is 0 Å². The van der Waals surface area contributed by atoms with Gasteiger partial charge in [0.15, 0.2) is 0 Å². The van der Waals surface area contributed by atoms with Crippen molar-refractivity contribution in [2.75, 3.05) is 14.1 Å². The second-order valence-electron chi connectivity index (χ2n) is 2.34. The molecule has 0 aromatic carbocycles. The third kappa shape index (κ3) is 0.903. The van der Waals surface area contributed by atoms with Gasteiger partial charge in [0, 0.05) is 7.05 Å². The summed E-state index contributed by atoms with van der Waals surface area (Å²) < 4.78 is 0. The Kier molecular flexibility index (Phi) is 1.72. The Bertz CT molecular complexity index is 179. The third-order valence-electron chi connectivity index (χ3n) is 1.73. The van der Waals surface area contributed by atoms with Gasteiger partial charge in [-0.15, -0.1) is 0 Å². The quantitative estimate of drug-likeness (QED) is 0.476. The molecule has 1 fully saturated rings. The first-order chi connectivity index (χ1) is 4.66. The number of imide groups is 1. The Hall–Kier alpha value is -0.900. The van der Waals surface area contributed by atoms with Gasteiger partial charge in [-0.3, -0.25) is 14.5 Å². The van der Waals surface area contributed by atoms with E-state index in [-0.39, 0.29) is 17.9 Å². The summed E-state index contributed by atoms with van der Waals surface area (Å²) in [5.74, 6) is -0.239. The fourth-order valence-electron chi connectivity index (χ4n) is 0.981. The van der Waals surface area contributed by atoms with E-state index in [2.05, 4.69) is 5.32 Å². The molecule has 4 nitrogen and oxygen atoms in total. The molecule has 4 heteroatoms. The van der Waals surface area contributed by atoms with E-state index < -0.39 is 0 Å². The summed E-state index contributed by atoms with van der Waals surface area (Å²) in [6.07, 6.45) is 0.297. The van der Waals surface area contributed by atoms with Gasteiger partial charge in [-0.2, -0.15) is 0 Å². The lowest BCUT2D eigenvalue weighted by Crippen LogP contribution is -2.34. The molecule has 0 aliphatic carbocycles. The van der Waals surface area contributed by atoms with Crippen LogP contribution >= 0.6 is 0 Å². The van der Waals surface area contributed by atoms with Gasteiger partial charge in [-0.1, -0.05) is 0 Å². The molecule has 1 rings (SSSR count). The summed E-state index contributed by atoms with van der Waals surface area (Å²) in [5.41, 5.74) is 0. The zero-order valence-electron chi connectivity index (χ0n) is 6.05. The lowest BCUT2D eigenvalue weighted by Gasteiger charge is -2.06. The number of nitrogens with one attached hydrogen (secondary N) is 1. The molecular weight excluding hydrogens is 132 g/mol. The summed E-state index contributed by atoms with van der Waals surface area (Å²) in [5, 5.41) is 2.76. The van der Waals surface area contributed by atoms with Crippen molar-refractivity contribution in [2.24, 2.45) is 0 Å². The average Bonchev–Trinajstić information content (AvgIpc) is 2.17. The molecule has 0 aromatic heterocycles. The van der Waals surface area contributed by atoms with Crippen molar-refractivity contribution in [3.05, 3.63) is 0 Å². The Balaban J connectivity index is 2.71. The fraction of sp³-hybridized carbons (Fsp3) is 0.667. The predicted molar refractivity (Wildman–Crippen MR) is 35.2 cm³/mol. The number of likely N-dealkylation sites (N-methyl/N-ethyl adjacent to an activating group) is 2. The number of carbonyl (C=O) groups excluding carboxylic acids is 2. The highest BCUT2D eigenvalue weighted by molar-refractivity contribution is 6.05. The van der Waals surface area contributed by atoms with Gasteiger partial charge < -0.3 is 5.32 Å². The van der Waals surface area contributed by atoms with Gasteiger partial charge in [0.1, 0.15) is 0 Å². The molecule has 0 spiro atoms. The van der Waals surface area contributed by atoms with Crippen molar-refractivity contribution >= 4 is 11.8 Å². The average molecular weight is 142 g/mol. The lowest BCUT2D eigenvalue weighted by molar-refractivity contribution is -0.137. The highest BCUT2D eigenvalue weighted by Crippen LogP contribution is 2.08. The first-order valence-corrected chi connectivity index (χ1v) is 3.14. The van der Waals surface area contributed by atoms with Gasteiger partial charge >= 0.3 is 0 Å². The third-order valence-corrected chi connectivity index (χ3v) is 1.73. The van der Waals surface area contributed by atoms with E-state index in [0.29, 0.717) is 6.42 Å². The highest BCUT2D eigenvalue weighted by Gasteiger charge is 2.34. The maximum Gasteiger partial charge on any atom is 0.246 e. The standard InChI is InChI=1S/C6H10N2O2/c1-7-4-3-5(9)8(2)6(4)10/h4,7H,3H2,1-2H3/t4-/m0/s1. The number of hydrogen-bond donors (Lipinski definition) is 1. The molecule has 1 aliphatic heterocycles. The lowest BCUT2D eigenvalue weighted by atomic mass is 10.2. The van der Waals surface area contributed by atoms with E-state index in [1.54, 1.807) is 7.05 Å². The number of rotatable bonds is 1. The molecule has 56 valence electrons. The topological polar surface area (TPSA) is 49.4 Å². The minimum atomic E-state index is -0.294. The Labute approximate surface area is 59.2 Å². The van der Waals surface area contributed by atoms with Crippen LogP contribution in [-0.4, -0.2) is 36.9 Å². The molecule has 2 amide bonds. The predicted octanol–water partition coefficient (Wildman–Crippen LogP) is -1.04. The number of nitrogens with zero attached hydrogens (tertiary/aromatic N) is 1. The van der Waals surface area contributed by atoms with Crippen molar-refractivity contribution in [2.45, 2.75) is 12.5 Å². The van der Waals surface area contributed by atoms with Crippen molar-refractivity contribution in [1.82, 2.24) is 10.2 Å². The van der Waals surface area contributed by atoms with Crippen molar-refractivity contribution in [3.63, 3.8) is 0 Å². The number of hydrogen-bond acceptors (Lipinski definition) is 3. The van der Waals surface area contributed by atoms with Crippen LogP contribution in [0.15, 0.2) is 0 Å². The molecule has 10 heavy (non-hydrogen) atoms. The first-order valence-electron chi connectivity index (χ1n) is 3.14. The van der Waals surface area contributed by atoms with E-state index >= 15 is 0 Å². The molecular formula is C6H10N2O2. The first kappa shape index (κ1) is 7.21.